The third-order valence-corrected chi connectivity index (χ3v) is 9.45. The van der Waals surface area contributed by atoms with Crippen LogP contribution in [0.15, 0.2) is 42.5 Å². The molecule has 2 saturated heterocycles. The van der Waals surface area contributed by atoms with E-state index in [1.807, 2.05) is 0 Å². The van der Waals surface area contributed by atoms with E-state index in [-0.39, 0.29) is 18.7 Å². The van der Waals surface area contributed by atoms with Crippen molar-refractivity contribution in [2.45, 2.75) is 37.9 Å². The molecule has 13 heteroatoms. The van der Waals surface area contributed by atoms with Crippen molar-refractivity contribution in [2.75, 3.05) is 109 Å². The molecule has 0 spiro atoms. The highest BCUT2D eigenvalue weighted by atomic mass is 16.6. The van der Waals surface area contributed by atoms with Crippen molar-refractivity contribution in [1.82, 2.24) is 20.6 Å². The van der Waals surface area contributed by atoms with Crippen molar-refractivity contribution in [3.8, 4) is 12.1 Å². The summed E-state index contributed by atoms with van der Waals surface area (Å²) >= 11 is 0. The number of nitrogens with zero attached hydrogens (tertiary/aromatic N) is 5. The van der Waals surface area contributed by atoms with E-state index in [1.165, 1.54) is 22.0 Å². The van der Waals surface area contributed by atoms with Crippen molar-refractivity contribution >= 4 is 22.3 Å². The molecule has 0 radical (unpaired) electrons. The van der Waals surface area contributed by atoms with E-state index in [4.69, 9.17) is 38.8 Å². The Kier molecular flexibility index (Phi) is 13.8. The molecule has 3 N–H and O–H groups in total. The van der Waals surface area contributed by atoms with Gasteiger partial charge in [0.25, 0.3) is 0 Å². The first-order chi connectivity index (χ1) is 24.7. The number of hydrogen-bond acceptors (Lipinski definition) is 13. The minimum atomic E-state index is 0.0243. The second kappa shape index (κ2) is 19.1. The standard InChI is InChI=1S/C37H51N7O6/c38-10-8-30-24-44(13-11-39-30)36-33-9-12-43(35-7-3-5-29-4-1-2-6-32(29)35)25-34(33)41-37(42-36)50-27-31-22-28(23-40-31)26-49-21-20-48-19-18-47-17-16-46-15-14-45/h1-7,28,30-31,39-40,45H,8-9,11-27H2/t28-,30+,31+/m1/s1. The summed E-state index contributed by atoms with van der Waals surface area (Å²) in [6.45, 7) is 9.35. The van der Waals surface area contributed by atoms with Crippen LogP contribution in [0, 0.1) is 17.2 Å². The second-order valence-electron chi connectivity index (χ2n) is 13.0. The number of ether oxygens (including phenoxy) is 5. The number of aromatic nitrogens is 2. The van der Waals surface area contributed by atoms with Crippen LogP contribution in [0.1, 0.15) is 24.1 Å². The number of hydrogen-bond donors (Lipinski definition) is 3. The van der Waals surface area contributed by atoms with Crippen LogP contribution in [0.5, 0.6) is 6.01 Å². The highest BCUT2D eigenvalue weighted by Gasteiger charge is 2.30. The van der Waals surface area contributed by atoms with Crippen molar-refractivity contribution in [1.29, 1.82) is 5.26 Å². The maximum absolute atomic E-state index is 9.36. The van der Waals surface area contributed by atoms with Gasteiger partial charge < -0.3 is 49.2 Å². The molecule has 13 nitrogen and oxygen atoms in total. The summed E-state index contributed by atoms with van der Waals surface area (Å²) in [4.78, 5) is 14.8. The van der Waals surface area contributed by atoms with E-state index < -0.39 is 0 Å². The molecule has 2 aromatic carbocycles. The van der Waals surface area contributed by atoms with Gasteiger partial charge in [0.1, 0.15) is 12.4 Å². The van der Waals surface area contributed by atoms with Crippen molar-refractivity contribution in [2.24, 2.45) is 5.92 Å². The van der Waals surface area contributed by atoms with Crippen LogP contribution in [0.25, 0.3) is 10.8 Å². The van der Waals surface area contributed by atoms with Gasteiger partial charge in [0.15, 0.2) is 0 Å². The molecular formula is C37H51N7O6. The van der Waals surface area contributed by atoms with Crippen LogP contribution in [0.3, 0.4) is 0 Å². The van der Waals surface area contributed by atoms with Crippen molar-refractivity contribution in [3.05, 3.63) is 53.7 Å². The Morgan fingerprint density at radius 3 is 2.44 bits per heavy atom. The third kappa shape index (κ3) is 10.0. The summed E-state index contributed by atoms with van der Waals surface area (Å²) in [5, 5.41) is 27.6. The number of benzene rings is 2. The lowest BCUT2D eigenvalue weighted by molar-refractivity contribution is -0.00841. The van der Waals surface area contributed by atoms with Crippen LogP contribution in [0.2, 0.25) is 0 Å². The summed E-state index contributed by atoms with van der Waals surface area (Å²) in [7, 11) is 0. The Labute approximate surface area is 294 Å². The molecule has 0 amide bonds. The number of anilines is 2. The lowest BCUT2D eigenvalue weighted by Crippen LogP contribution is -2.51. The molecule has 0 bridgehead atoms. The van der Waals surface area contributed by atoms with Gasteiger partial charge in [0.2, 0.25) is 0 Å². The van der Waals surface area contributed by atoms with Gasteiger partial charge in [-0.1, -0.05) is 36.4 Å². The molecule has 0 aliphatic carbocycles. The quantitative estimate of drug-likeness (QED) is 0.158. The van der Waals surface area contributed by atoms with Gasteiger partial charge in [-0.05, 0) is 30.2 Å². The van der Waals surface area contributed by atoms with E-state index in [1.54, 1.807) is 0 Å². The molecule has 2 fully saturated rings. The minimum absolute atomic E-state index is 0.0243. The maximum atomic E-state index is 9.36. The number of nitrogens with one attached hydrogen (secondary N) is 2. The SMILES string of the molecule is N#CC[C@H]1CN(c2nc(OC[C@@H]3C[C@@H](COCCOCCOCCOCCO)CN3)nc3c2CCN(c2cccc4ccccc24)C3)CCN1. The Balaban J connectivity index is 1.02. The predicted octanol–water partition coefficient (Wildman–Crippen LogP) is 2.30. The molecule has 50 heavy (non-hydrogen) atoms. The molecule has 3 aromatic rings. The van der Waals surface area contributed by atoms with Crippen LogP contribution in [-0.2, 0) is 31.9 Å². The zero-order chi connectivity index (χ0) is 34.4. The number of rotatable bonds is 19. The lowest BCUT2D eigenvalue weighted by atomic mass is 10.0. The molecule has 1 aromatic heterocycles. The summed E-state index contributed by atoms with van der Waals surface area (Å²) < 4.78 is 28.4. The molecular weight excluding hydrogens is 638 g/mol. The Morgan fingerprint density at radius 1 is 0.840 bits per heavy atom. The fourth-order valence-electron chi connectivity index (χ4n) is 6.97. The Morgan fingerprint density at radius 2 is 1.62 bits per heavy atom. The number of piperazine rings is 1. The summed E-state index contributed by atoms with van der Waals surface area (Å²) in [5.74, 6) is 1.34. The first-order valence-corrected chi connectivity index (χ1v) is 18.0. The first kappa shape index (κ1) is 36.2. The monoisotopic (exact) mass is 689 g/mol. The van der Waals surface area contributed by atoms with Crippen LogP contribution in [0.4, 0.5) is 11.5 Å². The predicted molar refractivity (Wildman–Crippen MR) is 191 cm³/mol. The molecule has 3 aliphatic heterocycles. The smallest absolute Gasteiger partial charge is 0.318 e. The van der Waals surface area contributed by atoms with Gasteiger partial charge in [-0.15, -0.1) is 0 Å². The zero-order valence-electron chi connectivity index (χ0n) is 28.9. The van der Waals surface area contributed by atoms with E-state index in [0.717, 1.165) is 57.1 Å². The summed E-state index contributed by atoms with van der Waals surface area (Å²) in [6, 6.07) is 18.0. The normalized spacial score (nSPS) is 20.6. The molecule has 4 heterocycles. The van der Waals surface area contributed by atoms with Gasteiger partial charge in [-0.25, -0.2) is 0 Å². The van der Waals surface area contributed by atoms with Crippen LogP contribution < -0.4 is 25.2 Å². The number of aliphatic hydroxyl groups is 1. The van der Waals surface area contributed by atoms with E-state index in [2.05, 4.69) is 69.0 Å². The van der Waals surface area contributed by atoms with E-state index in [9.17, 15) is 5.26 Å². The fraction of sp³-hybridized carbons (Fsp3) is 0.595. The maximum Gasteiger partial charge on any atom is 0.318 e. The first-order valence-electron chi connectivity index (χ1n) is 18.0. The number of aliphatic hydroxyl groups excluding tert-OH is 1. The van der Waals surface area contributed by atoms with Crippen molar-refractivity contribution in [3.63, 3.8) is 0 Å². The Hall–Kier alpha value is -3.61. The molecule has 0 saturated carbocycles. The molecule has 3 atom stereocenters. The number of fused-ring (bicyclic) bond motifs is 2. The molecule has 0 unspecified atom stereocenters. The van der Waals surface area contributed by atoms with Crippen LogP contribution >= 0.6 is 0 Å². The number of nitriles is 1. The topological polar surface area (TPSA) is 146 Å². The van der Waals surface area contributed by atoms with Crippen LogP contribution in [-0.4, -0.2) is 126 Å². The fourth-order valence-corrected chi connectivity index (χ4v) is 6.97. The van der Waals surface area contributed by atoms with E-state index >= 15 is 0 Å². The largest absolute Gasteiger partial charge is 0.462 e. The van der Waals surface area contributed by atoms with Crippen molar-refractivity contribution < 1.29 is 28.8 Å². The summed E-state index contributed by atoms with van der Waals surface area (Å²) in [5.41, 5.74) is 3.41. The molecule has 6 rings (SSSR count). The van der Waals surface area contributed by atoms with Gasteiger partial charge >= 0.3 is 6.01 Å². The average molecular weight is 690 g/mol. The molecule has 3 aliphatic rings. The summed E-state index contributed by atoms with van der Waals surface area (Å²) in [6.07, 6.45) is 2.26. The third-order valence-electron chi connectivity index (χ3n) is 9.45. The highest BCUT2D eigenvalue weighted by molar-refractivity contribution is 5.94. The average Bonchev–Trinajstić information content (AvgIpc) is 3.61. The molecule has 270 valence electrons. The van der Waals surface area contributed by atoms with Gasteiger partial charge in [0, 0.05) is 61.4 Å². The zero-order valence-corrected chi connectivity index (χ0v) is 28.9. The second-order valence-corrected chi connectivity index (χ2v) is 13.0. The van der Waals surface area contributed by atoms with Gasteiger partial charge in [0.05, 0.1) is 84.2 Å². The van der Waals surface area contributed by atoms with Gasteiger partial charge in [-0.3, -0.25) is 0 Å². The Bertz CT molecular complexity index is 1530. The van der Waals surface area contributed by atoms with E-state index in [0.29, 0.717) is 84.4 Å². The lowest BCUT2D eigenvalue weighted by Gasteiger charge is -2.37. The highest BCUT2D eigenvalue weighted by Crippen LogP contribution is 2.34. The minimum Gasteiger partial charge on any atom is -0.462 e. The van der Waals surface area contributed by atoms with Gasteiger partial charge in [-0.2, -0.15) is 15.2 Å².